The molecule has 1 saturated heterocycles. The van der Waals surface area contributed by atoms with Gasteiger partial charge in [0.2, 0.25) is 0 Å². The van der Waals surface area contributed by atoms with Crippen molar-refractivity contribution < 1.29 is 0 Å². The summed E-state index contributed by atoms with van der Waals surface area (Å²) in [5, 5.41) is 9.15. The van der Waals surface area contributed by atoms with Crippen LogP contribution in [0, 0.1) is 18.3 Å². The van der Waals surface area contributed by atoms with Gasteiger partial charge in [0.1, 0.15) is 0 Å². The Morgan fingerprint density at radius 3 is 2.75 bits per heavy atom. The predicted molar refractivity (Wildman–Crippen MR) is 87.0 cm³/mol. The van der Waals surface area contributed by atoms with Gasteiger partial charge in [0.05, 0.1) is 24.2 Å². The van der Waals surface area contributed by atoms with Crippen LogP contribution in [0.3, 0.4) is 0 Å². The first kappa shape index (κ1) is 15.3. The van der Waals surface area contributed by atoms with Crippen molar-refractivity contribution in [2.24, 2.45) is 0 Å². The zero-order chi connectivity index (χ0) is 14.9. The Balaban J connectivity index is 2.45. The molecule has 1 heterocycles. The van der Waals surface area contributed by atoms with Gasteiger partial charge in [-0.1, -0.05) is 6.07 Å². The maximum Gasteiger partial charge on any atom is 0.0643 e. The average Bonchev–Trinajstić information content (AvgIpc) is 2.30. The monoisotopic (exact) mass is 335 g/mol. The molecule has 3 nitrogen and oxygen atoms in total. The number of benzene rings is 1. The summed E-state index contributed by atoms with van der Waals surface area (Å²) in [6.45, 7) is 8.52. The number of nitrogens with zero attached hydrogens (tertiary/aromatic N) is 3. The largest absolute Gasteiger partial charge is 0.359 e. The van der Waals surface area contributed by atoms with Crippen molar-refractivity contribution in [2.45, 2.75) is 38.8 Å². The van der Waals surface area contributed by atoms with Gasteiger partial charge in [-0.05, 0) is 61.4 Å². The van der Waals surface area contributed by atoms with E-state index in [1.807, 2.05) is 0 Å². The van der Waals surface area contributed by atoms with Gasteiger partial charge in [0.25, 0.3) is 0 Å². The molecule has 1 unspecified atom stereocenters. The SMILES string of the molecule is Cc1ccc(N2C(CC#N)CN(C)CC2(C)C)c(Br)c1. The summed E-state index contributed by atoms with van der Waals surface area (Å²) < 4.78 is 1.11. The molecule has 1 fully saturated rings. The van der Waals surface area contributed by atoms with Crippen LogP contribution >= 0.6 is 15.9 Å². The van der Waals surface area contributed by atoms with Crippen LogP contribution in [0.15, 0.2) is 22.7 Å². The van der Waals surface area contributed by atoms with E-state index in [4.69, 9.17) is 5.26 Å². The highest BCUT2D eigenvalue weighted by atomic mass is 79.9. The summed E-state index contributed by atoms with van der Waals surface area (Å²) in [4.78, 5) is 4.74. The molecule has 0 radical (unpaired) electrons. The minimum absolute atomic E-state index is 0.00624. The Morgan fingerprint density at radius 1 is 1.45 bits per heavy atom. The summed E-state index contributed by atoms with van der Waals surface area (Å²) in [5.74, 6) is 0. The van der Waals surface area contributed by atoms with Gasteiger partial charge >= 0.3 is 0 Å². The highest BCUT2D eigenvalue weighted by Gasteiger charge is 2.39. The Bertz CT molecular complexity index is 533. The Hall–Kier alpha value is -1.05. The Morgan fingerprint density at radius 2 is 2.15 bits per heavy atom. The lowest BCUT2D eigenvalue weighted by Gasteiger charge is -2.52. The van der Waals surface area contributed by atoms with Gasteiger partial charge in [0, 0.05) is 23.1 Å². The summed E-state index contributed by atoms with van der Waals surface area (Å²) >= 11 is 3.69. The number of anilines is 1. The molecule has 1 atom stereocenters. The molecule has 1 aromatic rings. The molecule has 20 heavy (non-hydrogen) atoms. The van der Waals surface area contributed by atoms with Crippen LogP contribution in [0.4, 0.5) is 5.69 Å². The van der Waals surface area contributed by atoms with E-state index >= 15 is 0 Å². The summed E-state index contributed by atoms with van der Waals surface area (Å²) in [5.41, 5.74) is 2.44. The molecular weight excluding hydrogens is 314 g/mol. The van der Waals surface area contributed by atoms with Crippen LogP contribution in [-0.4, -0.2) is 36.6 Å². The van der Waals surface area contributed by atoms with Crippen LogP contribution in [0.2, 0.25) is 0 Å². The third-order valence-electron chi connectivity index (χ3n) is 3.89. The molecule has 0 aromatic heterocycles. The van der Waals surface area contributed by atoms with Crippen LogP contribution in [0.25, 0.3) is 0 Å². The van der Waals surface area contributed by atoms with E-state index in [0.29, 0.717) is 6.42 Å². The first-order chi connectivity index (χ1) is 9.35. The molecule has 4 heteroatoms. The summed E-state index contributed by atoms with van der Waals surface area (Å²) in [6.07, 6.45) is 0.550. The Labute approximate surface area is 130 Å². The zero-order valence-electron chi connectivity index (χ0n) is 12.7. The fourth-order valence-corrected chi connectivity index (χ4v) is 4.01. The second kappa shape index (κ2) is 5.75. The number of hydrogen-bond acceptors (Lipinski definition) is 3. The molecule has 0 amide bonds. The van der Waals surface area contributed by atoms with E-state index in [1.165, 1.54) is 11.3 Å². The van der Waals surface area contributed by atoms with E-state index in [1.54, 1.807) is 0 Å². The van der Waals surface area contributed by atoms with Gasteiger partial charge in [-0.2, -0.15) is 5.26 Å². The minimum atomic E-state index is 0.00624. The molecule has 0 saturated carbocycles. The fraction of sp³-hybridized carbons (Fsp3) is 0.562. The lowest BCUT2D eigenvalue weighted by molar-refractivity contribution is 0.181. The first-order valence-electron chi connectivity index (χ1n) is 6.96. The van der Waals surface area contributed by atoms with E-state index < -0.39 is 0 Å². The maximum absolute atomic E-state index is 9.15. The van der Waals surface area contributed by atoms with Crippen LogP contribution < -0.4 is 4.90 Å². The molecule has 108 valence electrons. The Kier molecular flexibility index (Phi) is 4.41. The molecule has 0 aliphatic carbocycles. The first-order valence-corrected chi connectivity index (χ1v) is 7.75. The van der Waals surface area contributed by atoms with Crippen molar-refractivity contribution in [3.63, 3.8) is 0 Å². The molecule has 0 N–H and O–H groups in total. The third-order valence-corrected chi connectivity index (χ3v) is 4.52. The smallest absolute Gasteiger partial charge is 0.0643 e. The highest BCUT2D eigenvalue weighted by Crippen LogP contribution is 2.37. The number of hydrogen-bond donors (Lipinski definition) is 0. The lowest BCUT2D eigenvalue weighted by Crippen LogP contribution is -2.63. The molecule has 1 aliphatic rings. The molecule has 1 aromatic carbocycles. The van der Waals surface area contributed by atoms with E-state index in [0.717, 1.165) is 17.6 Å². The highest BCUT2D eigenvalue weighted by molar-refractivity contribution is 9.10. The number of halogens is 1. The van der Waals surface area contributed by atoms with Crippen molar-refractivity contribution in [1.29, 1.82) is 5.26 Å². The van der Waals surface area contributed by atoms with Gasteiger partial charge in [0.15, 0.2) is 0 Å². The molecule has 0 spiro atoms. The van der Waals surface area contributed by atoms with Crippen molar-refractivity contribution >= 4 is 21.6 Å². The zero-order valence-corrected chi connectivity index (χ0v) is 14.2. The van der Waals surface area contributed by atoms with Crippen molar-refractivity contribution in [2.75, 3.05) is 25.0 Å². The molecular formula is C16H22BrN3. The number of nitriles is 1. The fourth-order valence-electron chi connectivity index (χ4n) is 3.33. The second-order valence-electron chi connectivity index (χ2n) is 6.35. The third kappa shape index (κ3) is 2.99. The number of aryl methyl sites for hydroxylation is 1. The van der Waals surface area contributed by atoms with Crippen molar-refractivity contribution in [3.05, 3.63) is 28.2 Å². The normalized spacial score (nSPS) is 22.6. The lowest BCUT2D eigenvalue weighted by atomic mass is 9.92. The van der Waals surface area contributed by atoms with Gasteiger partial charge < -0.3 is 9.80 Å². The molecule has 2 rings (SSSR count). The maximum atomic E-state index is 9.15. The number of rotatable bonds is 2. The standard InChI is InChI=1S/C16H22BrN3/c1-12-5-6-15(14(17)9-12)20-13(7-8-18)10-19(4)11-16(20,2)3/h5-6,9,13H,7,10-11H2,1-4H3. The van der Waals surface area contributed by atoms with Crippen LogP contribution in [0.1, 0.15) is 25.8 Å². The van der Waals surface area contributed by atoms with Gasteiger partial charge in [-0.3, -0.25) is 0 Å². The van der Waals surface area contributed by atoms with Crippen LogP contribution in [0.5, 0.6) is 0 Å². The van der Waals surface area contributed by atoms with Crippen molar-refractivity contribution in [1.82, 2.24) is 4.90 Å². The van der Waals surface area contributed by atoms with Crippen LogP contribution in [-0.2, 0) is 0 Å². The van der Waals surface area contributed by atoms with Gasteiger partial charge in [-0.25, -0.2) is 0 Å². The summed E-state index contributed by atoms with van der Waals surface area (Å²) in [6, 6.07) is 9.02. The number of piperazine rings is 1. The molecule has 1 aliphatic heterocycles. The predicted octanol–water partition coefficient (Wildman–Crippen LogP) is 3.57. The number of likely N-dealkylation sites (N-methyl/N-ethyl adjacent to an activating group) is 1. The second-order valence-corrected chi connectivity index (χ2v) is 7.20. The van der Waals surface area contributed by atoms with Gasteiger partial charge in [-0.15, -0.1) is 0 Å². The topological polar surface area (TPSA) is 30.3 Å². The van der Waals surface area contributed by atoms with E-state index in [9.17, 15) is 0 Å². The minimum Gasteiger partial charge on any atom is -0.359 e. The van der Waals surface area contributed by atoms with E-state index in [-0.39, 0.29) is 11.6 Å². The summed E-state index contributed by atoms with van der Waals surface area (Å²) in [7, 11) is 2.13. The van der Waals surface area contributed by atoms with E-state index in [2.05, 4.69) is 77.8 Å². The molecule has 0 bridgehead atoms. The quantitative estimate of drug-likeness (QED) is 0.827. The average molecular weight is 336 g/mol. The van der Waals surface area contributed by atoms with Crippen molar-refractivity contribution in [3.8, 4) is 6.07 Å².